The van der Waals surface area contributed by atoms with Crippen molar-refractivity contribution in [3.8, 4) is 0 Å². The SMILES string of the molecule is CCCCCCCCCC[n+]1cc[nH]c1.O=S(=O)([O-])C(F)(F)F. The minimum Gasteiger partial charge on any atom is -0.741 e. The molecule has 5 nitrogen and oxygen atoms in total. The van der Waals surface area contributed by atoms with E-state index in [2.05, 4.69) is 22.7 Å². The number of H-pyrrole nitrogens is 1. The van der Waals surface area contributed by atoms with Crippen molar-refractivity contribution in [3.05, 3.63) is 18.7 Å². The van der Waals surface area contributed by atoms with Crippen molar-refractivity contribution in [1.82, 2.24) is 4.98 Å². The van der Waals surface area contributed by atoms with Crippen molar-refractivity contribution in [2.45, 2.75) is 70.3 Å². The Morgan fingerprint density at radius 3 is 1.91 bits per heavy atom. The number of hydrogen-bond donors (Lipinski definition) is 1. The Labute approximate surface area is 135 Å². The number of imidazole rings is 1. The average molecular weight is 358 g/mol. The second-order valence-electron chi connectivity index (χ2n) is 5.22. The summed E-state index contributed by atoms with van der Waals surface area (Å²) in [5, 5.41) is 0. The van der Waals surface area contributed by atoms with Gasteiger partial charge in [-0.1, -0.05) is 45.4 Å². The van der Waals surface area contributed by atoms with E-state index < -0.39 is 15.6 Å². The van der Waals surface area contributed by atoms with Crippen molar-refractivity contribution >= 4 is 10.1 Å². The molecule has 0 aliphatic carbocycles. The highest BCUT2D eigenvalue weighted by Crippen LogP contribution is 2.20. The Morgan fingerprint density at radius 1 is 1.04 bits per heavy atom. The van der Waals surface area contributed by atoms with Crippen LogP contribution in [0, 0.1) is 0 Å². The van der Waals surface area contributed by atoms with Gasteiger partial charge in [-0.15, -0.1) is 0 Å². The molecule has 1 heterocycles. The van der Waals surface area contributed by atoms with Gasteiger partial charge < -0.3 is 4.55 Å². The maximum absolute atomic E-state index is 10.7. The molecule has 0 aliphatic rings. The first-order chi connectivity index (χ1) is 10.7. The van der Waals surface area contributed by atoms with Crippen LogP contribution in [0.2, 0.25) is 0 Å². The highest BCUT2D eigenvalue weighted by molar-refractivity contribution is 7.86. The largest absolute Gasteiger partial charge is 0.741 e. The molecule has 0 radical (unpaired) electrons. The van der Waals surface area contributed by atoms with Crippen molar-refractivity contribution in [1.29, 1.82) is 0 Å². The first kappa shape index (κ1) is 21.9. The van der Waals surface area contributed by atoms with E-state index in [0.717, 1.165) is 0 Å². The van der Waals surface area contributed by atoms with Crippen LogP contribution in [-0.4, -0.2) is 23.5 Å². The molecule has 1 N–H and O–H groups in total. The first-order valence-electron chi connectivity index (χ1n) is 7.72. The smallest absolute Gasteiger partial charge is 0.485 e. The lowest BCUT2D eigenvalue weighted by molar-refractivity contribution is -0.696. The summed E-state index contributed by atoms with van der Waals surface area (Å²) in [6.45, 7) is 3.44. The van der Waals surface area contributed by atoms with Crippen molar-refractivity contribution < 1.29 is 30.7 Å². The molecular formula is C14H25F3N2O3S. The highest BCUT2D eigenvalue weighted by atomic mass is 32.2. The molecule has 0 fully saturated rings. The molecule has 9 heteroatoms. The number of nitrogens with zero attached hydrogens (tertiary/aromatic N) is 1. The molecule has 136 valence electrons. The molecule has 1 aromatic rings. The molecule has 0 aromatic carbocycles. The first-order valence-corrected chi connectivity index (χ1v) is 9.13. The lowest BCUT2D eigenvalue weighted by atomic mass is 10.1. The fourth-order valence-electron chi connectivity index (χ4n) is 1.89. The topological polar surface area (TPSA) is 76.9 Å². The van der Waals surface area contributed by atoms with Gasteiger partial charge in [0.15, 0.2) is 10.1 Å². The van der Waals surface area contributed by atoms with Crippen molar-refractivity contribution in [2.24, 2.45) is 0 Å². The molecule has 23 heavy (non-hydrogen) atoms. The molecule has 0 saturated carbocycles. The third kappa shape index (κ3) is 12.1. The maximum Gasteiger partial charge on any atom is 0.485 e. The van der Waals surface area contributed by atoms with E-state index in [9.17, 15) is 13.2 Å². The van der Waals surface area contributed by atoms with Gasteiger partial charge in [0.1, 0.15) is 12.4 Å². The summed E-state index contributed by atoms with van der Waals surface area (Å²) in [6, 6.07) is 0. The van der Waals surface area contributed by atoms with Gasteiger partial charge in [-0.3, -0.25) is 4.98 Å². The molecule has 0 amide bonds. The molecule has 0 saturated heterocycles. The summed E-state index contributed by atoms with van der Waals surface area (Å²) in [7, 11) is -6.09. The van der Waals surface area contributed by atoms with Crippen LogP contribution in [0.25, 0.3) is 0 Å². The second-order valence-corrected chi connectivity index (χ2v) is 6.60. The van der Waals surface area contributed by atoms with Gasteiger partial charge in [-0.2, -0.15) is 13.2 Å². The zero-order valence-corrected chi connectivity index (χ0v) is 14.1. The third-order valence-corrected chi connectivity index (χ3v) is 3.72. The molecule has 0 unspecified atom stereocenters. The van der Waals surface area contributed by atoms with Crippen molar-refractivity contribution in [2.75, 3.05) is 0 Å². The number of aromatic nitrogens is 2. The fourth-order valence-corrected chi connectivity index (χ4v) is 1.89. The van der Waals surface area contributed by atoms with E-state index in [1.165, 1.54) is 57.9 Å². The zero-order chi connectivity index (χ0) is 17.8. The standard InChI is InChI=1S/C13H24N2.CHF3O3S/c1-2-3-4-5-6-7-8-9-11-15-12-10-14-13-15;2-1(3,4)8(5,6)7/h10,12-13H,2-9,11H2,1H3;(H,5,6,7). The molecule has 0 aliphatic heterocycles. The second kappa shape index (κ2) is 11.4. The highest BCUT2D eigenvalue weighted by Gasteiger charge is 2.36. The average Bonchev–Trinajstić information content (AvgIpc) is 2.93. The van der Waals surface area contributed by atoms with E-state index in [1.807, 2.05) is 12.5 Å². The lowest BCUT2D eigenvalue weighted by Gasteiger charge is -2.08. The lowest BCUT2D eigenvalue weighted by Crippen LogP contribution is -2.30. The summed E-state index contributed by atoms with van der Waals surface area (Å²) in [6.07, 6.45) is 17.3. The number of halogens is 3. The van der Waals surface area contributed by atoms with Crippen LogP contribution in [0.4, 0.5) is 13.2 Å². The number of aromatic amines is 1. The van der Waals surface area contributed by atoms with E-state index in [4.69, 9.17) is 13.0 Å². The summed E-state index contributed by atoms with van der Waals surface area (Å²) in [5.74, 6) is 0. The predicted octanol–water partition coefficient (Wildman–Crippen LogP) is 3.49. The monoisotopic (exact) mass is 358 g/mol. The van der Waals surface area contributed by atoms with Crippen LogP contribution in [0.3, 0.4) is 0 Å². The van der Waals surface area contributed by atoms with E-state index in [1.54, 1.807) is 0 Å². The number of unbranched alkanes of at least 4 members (excludes halogenated alkanes) is 7. The summed E-state index contributed by atoms with van der Waals surface area (Å²) in [5.41, 5.74) is -5.65. The summed E-state index contributed by atoms with van der Waals surface area (Å²) in [4.78, 5) is 3.07. The molecule has 1 rings (SSSR count). The fraction of sp³-hybridized carbons (Fsp3) is 0.786. The maximum atomic E-state index is 10.7. The Morgan fingerprint density at radius 2 is 1.52 bits per heavy atom. The minimum atomic E-state index is -6.09. The van der Waals surface area contributed by atoms with Crippen LogP contribution in [0.1, 0.15) is 58.3 Å². The summed E-state index contributed by atoms with van der Waals surface area (Å²) >= 11 is 0. The van der Waals surface area contributed by atoms with E-state index in [0.29, 0.717) is 0 Å². The molecular weight excluding hydrogens is 333 g/mol. The number of alkyl halides is 3. The molecule has 0 atom stereocenters. The Hall–Kier alpha value is -1.09. The van der Waals surface area contributed by atoms with Crippen LogP contribution in [0.15, 0.2) is 18.7 Å². The van der Waals surface area contributed by atoms with Crippen LogP contribution in [0.5, 0.6) is 0 Å². The summed E-state index contributed by atoms with van der Waals surface area (Å²) < 4.78 is 61.1. The predicted molar refractivity (Wildman–Crippen MR) is 79.3 cm³/mol. The Balaban J connectivity index is 0.000000515. The number of rotatable bonds is 9. The zero-order valence-electron chi connectivity index (χ0n) is 13.3. The molecule has 0 spiro atoms. The minimum absolute atomic E-state index is 1.17. The number of nitrogens with one attached hydrogen (secondary N) is 1. The normalized spacial score (nSPS) is 11.9. The third-order valence-electron chi connectivity index (χ3n) is 3.16. The van der Waals surface area contributed by atoms with Crippen LogP contribution < -0.4 is 4.57 Å². The number of aryl methyl sites for hydroxylation is 1. The molecule has 1 aromatic heterocycles. The molecule has 0 bridgehead atoms. The van der Waals surface area contributed by atoms with Gasteiger partial charge >= 0.3 is 5.51 Å². The van der Waals surface area contributed by atoms with Gasteiger partial charge in [-0.25, -0.2) is 13.0 Å². The van der Waals surface area contributed by atoms with Gasteiger partial charge in [-0.05, 0) is 12.8 Å². The van der Waals surface area contributed by atoms with Gasteiger partial charge in [0.25, 0.3) is 0 Å². The van der Waals surface area contributed by atoms with Gasteiger partial charge in [0, 0.05) is 0 Å². The van der Waals surface area contributed by atoms with Gasteiger partial charge in [0.2, 0.25) is 6.33 Å². The Bertz CT molecular complexity index is 488. The van der Waals surface area contributed by atoms with E-state index in [-0.39, 0.29) is 0 Å². The van der Waals surface area contributed by atoms with E-state index >= 15 is 0 Å². The van der Waals surface area contributed by atoms with Crippen molar-refractivity contribution in [3.63, 3.8) is 0 Å². The quantitative estimate of drug-likeness (QED) is 0.318. The van der Waals surface area contributed by atoms with Crippen LogP contribution in [-0.2, 0) is 16.7 Å². The van der Waals surface area contributed by atoms with Gasteiger partial charge in [0.05, 0.1) is 6.54 Å². The van der Waals surface area contributed by atoms with Crippen LogP contribution >= 0.6 is 0 Å². The number of hydrogen-bond acceptors (Lipinski definition) is 3. The Kier molecular flexibility index (Phi) is 10.9.